The molecule has 1 aliphatic rings. The van der Waals surface area contributed by atoms with Gasteiger partial charge in [0.1, 0.15) is 0 Å². The number of hydrogen-bond acceptors (Lipinski definition) is 1. The minimum Gasteiger partial charge on any atom is -0.345 e. The van der Waals surface area contributed by atoms with Crippen LogP contribution in [0.2, 0.25) is 6.82 Å². The van der Waals surface area contributed by atoms with Crippen LogP contribution in [0.4, 0.5) is 0 Å². The molecule has 2 heteroatoms. The molecular formula is C8H18BN. The highest BCUT2D eigenvalue weighted by Crippen LogP contribution is 2.20. The maximum atomic E-state index is 2.49. The van der Waals surface area contributed by atoms with E-state index in [1.54, 1.807) is 0 Å². The van der Waals surface area contributed by atoms with Crippen LogP contribution in [0.15, 0.2) is 0 Å². The van der Waals surface area contributed by atoms with Crippen LogP contribution in [-0.2, 0) is 0 Å². The van der Waals surface area contributed by atoms with Gasteiger partial charge >= 0.3 is 0 Å². The highest BCUT2D eigenvalue weighted by atomic mass is 15.0. The molecule has 10 heavy (non-hydrogen) atoms. The second kappa shape index (κ2) is 4.02. The van der Waals surface area contributed by atoms with Gasteiger partial charge in [-0.25, -0.2) is 0 Å². The molecule has 0 heterocycles. The molecule has 0 spiro atoms. The van der Waals surface area contributed by atoms with Gasteiger partial charge in [-0.15, -0.1) is 0 Å². The van der Waals surface area contributed by atoms with E-state index >= 15 is 0 Å². The molecule has 1 fully saturated rings. The summed E-state index contributed by atoms with van der Waals surface area (Å²) in [4.78, 5) is 2.49. The Balaban J connectivity index is 2.24. The fraction of sp³-hybridized carbons (Fsp3) is 1.00. The van der Waals surface area contributed by atoms with Crippen LogP contribution in [-0.4, -0.2) is 25.3 Å². The van der Waals surface area contributed by atoms with Gasteiger partial charge in [0.25, 0.3) is 0 Å². The minimum absolute atomic E-state index is 0.902. The number of hydrogen-bond donors (Lipinski definition) is 0. The summed E-state index contributed by atoms with van der Waals surface area (Å²) in [6, 6.07) is 0.902. The maximum absolute atomic E-state index is 2.49. The average molecular weight is 139 g/mol. The lowest BCUT2D eigenvalue weighted by Gasteiger charge is -2.30. The summed E-state index contributed by atoms with van der Waals surface area (Å²) in [5.41, 5.74) is 0. The van der Waals surface area contributed by atoms with Crippen LogP contribution in [0, 0.1) is 0 Å². The van der Waals surface area contributed by atoms with Gasteiger partial charge in [-0.1, -0.05) is 26.1 Å². The van der Waals surface area contributed by atoms with Crippen molar-refractivity contribution in [1.29, 1.82) is 0 Å². The molecule has 0 atom stereocenters. The van der Waals surface area contributed by atoms with Crippen molar-refractivity contribution >= 4 is 7.41 Å². The largest absolute Gasteiger partial charge is 0.345 e. The van der Waals surface area contributed by atoms with Crippen LogP contribution in [0.1, 0.15) is 32.1 Å². The van der Waals surface area contributed by atoms with Gasteiger partial charge < -0.3 is 4.81 Å². The lowest BCUT2D eigenvalue weighted by molar-refractivity contribution is 0.292. The number of nitrogens with zero attached hydrogens (tertiary/aromatic N) is 1. The topological polar surface area (TPSA) is 3.24 Å². The Bertz CT molecular complexity index is 89.3. The van der Waals surface area contributed by atoms with Crippen LogP contribution < -0.4 is 0 Å². The van der Waals surface area contributed by atoms with Crippen molar-refractivity contribution < 1.29 is 0 Å². The first kappa shape index (κ1) is 8.12. The van der Waals surface area contributed by atoms with Crippen LogP contribution in [0.5, 0.6) is 0 Å². The molecule has 0 aromatic carbocycles. The van der Waals surface area contributed by atoms with Crippen molar-refractivity contribution in [3.63, 3.8) is 0 Å². The van der Waals surface area contributed by atoms with Gasteiger partial charge in [0.2, 0.25) is 7.41 Å². The van der Waals surface area contributed by atoms with Gasteiger partial charge in [0, 0.05) is 0 Å². The molecule has 1 aliphatic carbocycles. The third-order valence-electron chi connectivity index (χ3n) is 2.70. The fourth-order valence-corrected chi connectivity index (χ4v) is 1.78. The third-order valence-corrected chi connectivity index (χ3v) is 2.70. The van der Waals surface area contributed by atoms with Gasteiger partial charge in [0.05, 0.1) is 0 Å². The molecule has 1 nitrogen and oxygen atoms in total. The van der Waals surface area contributed by atoms with Crippen LogP contribution in [0.25, 0.3) is 0 Å². The Hall–Kier alpha value is 0.0249. The first-order valence-electron chi connectivity index (χ1n) is 4.55. The summed E-state index contributed by atoms with van der Waals surface area (Å²) < 4.78 is 0. The molecular weight excluding hydrogens is 121 g/mol. The van der Waals surface area contributed by atoms with Crippen molar-refractivity contribution in [3.05, 3.63) is 0 Å². The molecule has 0 bridgehead atoms. The molecule has 0 amide bonds. The van der Waals surface area contributed by atoms with Gasteiger partial charge in [0.15, 0.2) is 0 Å². The highest BCUT2D eigenvalue weighted by molar-refractivity contribution is 6.29. The van der Waals surface area contributed by atoms with Gasteiger partial charge in [-0.3, -0.25) is 0 Å². The lowest BCUT2D eigenvalue weighted by Crippen LogP contribution is -2.34. The SMILES string of the molecule is CBN(C)C1CCCCC1. The smallest absolute Gasteiger partial charge is 0.201 e. The van der Waals surface area contributed by atoms with Crippen molar-refractivity contribution in [2.45, 2.75) is 45.0 Å². The maximum Gasteiger partial charge on any atom is 0.201 e. The van der Waals surface area contributed by atoms with Crippen LogP contribution >= 0.6 is 0 Å². The fourth-order valence-electron chi connectivity index (χ4n) is 1.78. The van der Waals surface area contributed by atoms with E-state index in [0.717, 1.165) is 6.04 Å². The molecule has 1 rings (SSSR count). The Kier molecular flexibility index (Phi) is 3.27. The van der Waals surface area contributed by atoms with Crippen molar-refractivity contribution in [3.8, 4) is 0 Å². The van der Waals surface area contributed by atoms with Gasteiger partial charge in [-0.05, 0) is 25.9 Å². The average Bonchev–Trinajstić information content (AvgIpc) is 2.05. The molecule has 0 saturated heterocycles. The molecule has 0 N–H and O–H groups in total. The zero-order valence-corrected chi connectivity index (χ0v) is 7.27. The van der Waals surface area contributed by atoms with Gasteiger partial charge in [-0.2, -0.15) is 0 Å². The number of rotatable bonds is 2. The van der Waals surface area contributed by atoms with E-state index in [2.05, 4.69) is 18.7 Å². The summed E-state index contributed by atoms with van der Waals surface area (Å²) in [6.07, 6.45) is 7.24. The molecule has 0 aromatic rings. The summed E-state index contributed by atoms with van der Waals surface area (Å²) in [7, 11) is 3.46. The molecule has 0 unspecified atom stereocenters. The molecule has 0 aromatic heterocycles. The molecule has 0 radical (unpaired) electrons. The molecule has 1 saturated carbocycles. The quantitative estimate of drug-likeness (QED) is 0.525. The van der Waals surface area contributed by atoms with Crippen molar-refractivity contribution in [2.24, 2.45) is 0 Å². The Morgan fingerprint density at radius 3 is 2.30 bits per heavy atom. The summed E-state index contributed by atoms with van der Waals surface area (Å²) in [5, 5.41) is 0. The van der Waals surface area contributed by atoms with E-state index in [-0.39, 0.29) is 0 Å². The van der Waals surface area contributed by atoms with Crippen molar-refractivity contribution in [1.82, 2.24) is 4.81 Å². The summed E-state index contributed by atoms with van der Waals surface area (Å²) in [5.74, 6) is 0. The van der Waals surface area contributed by atoms with E-state index in [9.17, 15) is 0 Å². The molecule has 58 valence electrons. The Morgan fingerprint density at radius 2 is 1.80 bits per heavy atom. The van der Waals surface area contributed by atoms with E-state index in [1.807, 2.05) is 0 Å². The van der Waals surface area contributed by atoms with Crippen LogP contribution in [0.3, 0.4) is 0 Å². The summed E-state index contributed by atoms with van der Waals surface area (Å²) >= 11 is 0. The Morgan fingerprint density at radius 1 is 1.20 bits per heavy atom. The second-order valence-electron chi connectivity index (χ2n) is 3.37. The van der Waals surface area contributed by atoms with E-state index in [4.69, 9.17) is 0 Å². The molecule has 0 aliphatic heterocycles. The van der Waals surface area contributed by atoms with E-state index < -0.39 is 0 Å². The first-order chi connectivity index (χ1) is 4.84. The predicted octanol–water partition coefficient (Wildman–Crippen LogP) is 1.65. The zero-order chi connectivity index (χ0) is 7.40. The van der Waals surface area contributed by atoms with E-state index in [1.165, 1.54) is 39.5 Å². The zero-order valence-electron chi connectivity index (χ0n) is 7.27. The minimum atomic E-state index is 0.902. The normalized spacial score (nSPS) is 21.5. The summed E-state index contributed by atoms with van der Waals surface area (Å²) in [6.45, 7) is 2.24. The van der Waals surface area contributed by atoms with Crippen molar-refractivity contribution in [2.75, 3.05) is 7.05 Å². The highest BCUT2D eigenvalue weighted by Gasteiger charge is 2.15. The second-order valence-corrected chi connectivity index (χ2v) is 3.37. The Labute approximate surface area is 65.1 Å². The first-order valence-corrected chi connectivity index (χ1v) is 4.55. The monoisotopic (exact) mass is 139 g/mol. The predicted molar refractivity (Wildman–Crippen MR) is 47.6 cm³/mol. The third kappa shape index (κ3) is 2.01. The standard InChI is InChI=1S/C8H18BN/c1-9-10(2)8-6-4-3-5-7-8/h8-9H,3-7H2,1-2H3. The lowest BCUT2D eigenvalue weighted by atomic mass is 9.87. The van der Waals surface area contributed by atoms with E-state index in [0.29, 0.717) is 0 Å².